The molecule has 0 radical (unpaired) electrons. The van der Waals surface area contributed by atoms with Gasteiger partial charge in [-0.15, -0.1) is 0 Å². The van der Waals surface area contributed by atoms with Crippen LogP contribution in [0.5, 0.6) is 0 Å². The molecule has 1 heterocycles. The average molecular weight is 386 g/mol. The lowest BCUT2D eigenvalue weighted by molar-refractivity contribution is -0.135. The molecule has 140 valence electrons. The quantitative estimate of drug-likeness (QED) is 0.776. The van der Waals surface area contributed by atoms with E-state index < -0.39 is 23.4 Å². The van der Waals surface area contributed by atoms with E-state index in [1.807, 2.05) is 37.3 Å². The number of benzene rings is 2. The Hall–Kier alpha value is -2.86. The Kier molecular flexibility index (Phi) is 5.19. The van der Waals surface area contributed by atoms with Crippen LogP contribution in [-0.2, 0) is 15.1 Å². The Morgan fingerprint density at radius 3 is 2.41 bits per heavy atom. The number of halogens is 1. The van der Waals surface area contributed by atoms with Crippen molar-refractivity contribution in [3.8, 4) is 0 Å². The van der Waals surface area contributed by atoms with Gasteiger partial charge in [0.2, 0.25) is 5.91 Å². The number of hydrogen-bond acceptors (Lipinski definition) is 3. The Morgan fingerprint density at radius 1 is 1.15 bits per heavy atom. The molecular formula is C20H20ClN3O3. The van der Waals surface area contributed by atoms with E-state index in [4.69, 9.17) is 11.6 Å². The Labute approximate surface area is 162 Å². The standard InChI is InChI=1S/C20H20ClN3O3/c1-13(14-6-4-3-5-7-14)22-17(25)12-24-18(26)20(2,23-19(24)27)15-8-10-16(21)11-9-15/h3-11,13H,12H2,1-2H3,(H,22,25)(H,23,27)/t13-,20+/m1/s1. The summed E-state index contributed by atoms with van der Waals surface area (Å²) in [6.45, 7) is 3.11. The maximum Gasteiger partial charge on any atom is 0.325 e. The summed E-state index contributed by atoms with van der Waals surface area (Å²) in [5.74, 6) is -0.882. The Balaban J connectivity index is 1.70. The highest BCUT2D eigenvalue weighted by atomic mass is 35.5. The Bertz CT molecular complexity index is 870. The lowest BCUT2D eigenvalue weighted by Gasteiger charge is -2.22. The minimum Gasteiger partial charge on any atom is -0.348 e. The average Bonchev–Trinajstić information content (AvgIpc) is 2.87. The molecule has 2 aromatic rings. The molecule has 27 heavy (non-hydrogen) atoms. The van der Waals surface area contributed by atoms with Gasteiger partial charge in [0.05, 0.1) is 6.04 Å². The molecule has 3 rings (SSSR count). The van der Waals surface area contributed by atoms with Crippen LogP contribution in [0.2, 0.25) is 5.02 Å². The summed E-state index contributed by atoms with van der Waals surface area (Å²) in [7, 11) is 0. The first-order chi connectivity index (χ1) is 12.8. The first-order valence-corrected chi connectivity index (χ1v) is 8.93. The number of rotatable bonds is 5. The predicted octanol–water partition coefficient (Wildman–Crippen LogP) is 2.98. The van der Waals surface area contributed by atoms with E-state index in [0.717, 1.165) is 10.5 Å². The van der Waals surface area contributed by atoms with E-state index in [0.29, 0.717) is 10.6 Å². The number of hydrogen-bond donors (Lipinski definition) is 2. The first kappa shape index (κ1) is 18.9. The summed E-state index contributed by atoms with van der Waals surface area (Å²) < 4.78 is 0. The van der Waals surface area contributed by atoms with Crippen molar-refractivity contribution in [2.24, 2.45) is 0 Å². The van der Waals surface area contributed by atoms with Crippen molar-refractivity contribution in [3.05, 3.63) is 70.7 Å². The fraction of sp³-hybridized carbons (Fsp3) is 0.250. The third kappa shape index (κ3) is 3.80. The van der Waals surface area contributed by atoms with Crippen LogP contribution in [0.25, 0.3) is 0 Å². The lowest BCUT2D eigenvalue weighted by atomic mass is 9.92. The maximum absolute atomic E-state index is 12.8. The molecule has 1 saturated heterocycles. The second-order valence-electron chi connectivity index (χ2n) is 6.65. The van der Waals surface area contributed by atoms with Crippen molar-refractivity contribution in [2.45, 2.75) is 25.4 Å². The summed E-state index contributed by atoms with van der Waals surface area (Å²) in [6.07, 6.45) is 0. The van der Waals surface area contributed by atoms with Gasteiger partial charge in [-0.25, -0.2) is 4.79 Å². The molecule has 0 aromatic heterocycles. The number of carbonyl (C=O) groups is 3. The molecule has 2 atom stereocenters. The van der Waals surface area contributed by atoms with Gasteiger partial charge in [0.25, 0.3) is 5.91 Å². The summed E-state index contributed by atoms with van der Waals surface area (Å²) >= 11 is 5.89. The monoisotopic (exact) mass is 385 g/mol. The van der Waals surface area contributed by atoms with Crippen LogP contribution in [0.1, 0.15) is 31.0 Å². The summed E-state index contributed by atoms with van der Waals surface area (Å²) in [4.78, 5) is 38.5. The molecule has 0 spiro atoms. The van der Waals surface area contributed by atoms with E-state index in [-0.39, 0.29) is 12.6 Å². The van der Waals surface area contributed by atoms with E-state index >= 15 is 0 Å². The molecule has 0 unspecified atom stereocenters. The highest BCUT2D eigenvalue weighted by Gasteiger charge is 2.49. The number of nitrogens with zero attached hydrogens (tertiary/aromatic N) is 1. The van der Waals surface area contributed by atoms with Crippen LogP contribution in [-0.4, -0.2) is 29.3 Å². The van der Waals surface area contributed by atoms with Crippen molar-refractivity contribution in [2.75, 3.05) is 6.54 Å². The van der Waals surface area contributed by atoms with Crippen LogP contribution < -0.4 is 10.6 Å². The third-order valence-electron chi connectivity index (χ3n) is 4.68. The third-order valence-corrected chi connectivity index (χ3v) is 4.93. The molecule has 0 aliphatic carbocycles. The second kappa shape index (κ2) is 7.40. The number of amides is 4. The molecule has 7 heteroatoms. The molecule has 1 aliphatic heterocycles. The fourth-order valence-electron chi connectivity index (χ4n) is 3.08. The van der Waals surface area contributed by atoms with Crippen LogP contribution in [0.4, 0.5) is 4.79 Å². The van der Waals surface area contributed by atoms with Crippen LogP contribution in [0, 0.1) is 0 Å². The molecule has 1 aliphatic rings. The maximum atomic E-state index is 12.8. The molecule has 0 saturated carbocycles. The van der Waals surface area contributed by atoms with Crippen molar-refractivity contribution < 1.29 is 14.4 Å². The van der Waals surface area contributed by atoms with Gasteiger partial charge in [-0.3, -0.25) is 14.5 Å². The molecule has 2 N–H and O–H groups in total. The normalized spacial score (nSPS) is 20.3. The van der Waals surface area contributed by atoms with E-state index in [9.17, 15) is 14.4 Å². The first-order valence-electron chi connectivity index (χ1n) is 8.56. The highest BCUT2D eigenvalue weighted by molar-refractivity contribution is 6.30. The number of carbonyl (C=O) groups excluding carboxylic acids is 3. The van der Waals surface area contributed by atoms with E-state index in [1.165, 1.54) is 0 Å². The largest absolute Gasteiger partial charge is 0.348 e. The van der Waals surface area contributed by atoms with Gasteiger partial charge in [0.1, 0.15) is 12.1 Å². The van der Waals surface area contributed by atoms with Crippen molar-refractivity contribution >= 4 is 29.4 Å². The van der Waals surface area contributed by atoms with Crippen LogP contribution >= 0.6 is 11.6 Å². The van der Waals surface area contributed by atoms with Gasteiger partial charge in [0, 0.05) is 5.02 Å². The topological polar surface area (TPSA) is 78.5 Å². The molecule has 1 fully saturated rings. The smallest absolute Gasteiger partial charge is 0.325 e. The Morgan fingerprint density at radius 2 is 1.78 bits per heavy atom. The second-order valence-corrected chi connectivity index (χ2v) is 7.09. The predicted molar refractivity (Wildman–Crippen MR) is 102 cm³/mol. The van der Waals surface area contributed by atoms with E-state index in [1.54, 1.807) is 31.2 Å². The number of urea groups is 1. The van der Waals surface area contributed by atoms with Gasteiger partial charge in [-0.05, 0) is 37.1 Å². The molecule has 6 nitrogen and oxygen atoms in total. The fourth-order valence-corrected chi connectivity index (χ4v) is 3.20. The number of nitrogens with one attached hydrogen (secondary N) is 2. The van der Waals surface area contributed by atoms with Gasteiger partial charge in [-0.2, -0.15) is 0 Å². The zero-order valence-corrected chi connectivity index (χ0v) is 15.8. The molecule has 2 aromatic carbocycles. The lowest BCUT2D eigenvalue weighted by Crippen LogP contribution is -2.43. The molecule has 4 amide bonds. The summed E-state index contributed by atoms with van der Waals surface area (Å²) in [6, 6.07) is 15.3. The van der Waals surface area contributed by atoms with Crippen LogP contribution in [0.3, 0.4) is 0 Å². The summed E-state index contributed by atoms with van der Waals surface area (Å²) in [5, 5.41) is 6.01. The van der Waals surface area contributed by atoms with Gasteiger partial charge in [0.15, 0.2) is 0 Å². The minimum atomic E-state index is -1.23. The zero-order valence-electron chi connectivity index (χ0n) is 15.0. The van der Waals surface area contributed by atoms with E-state index in [2.05, 4.69) is 10.6 Å². The highest BCUT2D eigenvalue weighted by Crippen LogP contribution is 2.29. The number of imide groups is 1. The van der Waals surface area contributed by atoms with Gasteiger partial charge < -0.3 is 10.6 Å². The van der Waals surface area contributed by atoms with Gasteiger partial charge >= 0.3 is 6.03 Å². The van der Waals surface area contributed by atoms with Crippen molar-refractivity contribution in [1.82, 2.24) is 15.5 Å². The zero-order chi connectivity index (χ0) is 19.6. The summed E-state index contributed by atoms with van der Waals surface area (Å²) in [5.41, 5.74) is 0.312. The van der Waals surface area contributed by atoms with Crippen LogP contribution in [0.15, 0.2) is 54.6 Å². The molecular weight excluding hydrogens is 366 g/mol. The van der Waals surface area contributed by atoms with Crippen molar-refractivity contribution in [1.29, 1.82) is 0 Å². The van der Waals surface area contributed by atoms with Gasteiger partial charge in [-0.1, -0.05) is 54.1 Å². The molecule has 0 bridgehead atoms. The van der Waals surface area contributed by atoms with Crippen molar-refractivity contribution in [3.63, 3.8) is 0 Å². The minimum absolute atomic E-state index is 0.234. The SMILES string of the molecule is C[C@@H](NC(=O)CN1C(=O)N[C@@](C)(c2ccc(Cl)cc2)C1=O)c1ccccc1.